The molecule has 110 valence electrons. The van der Waals surface area contributed by atoms with Crippen molar-refractivity contribution in [1.82, 2.24) is 4.31 Å². The number of benzene rings is 2. The van der Waals surface area contributed by atoms with Crippen LogP contribution < -0.4 is 0 Å². The van der Waals surface area contributed by atoms with Crippen LogP contribution in [0.25, 0.3) is 10.8 Å². The number of carbonyl (C=O) groups is 1. The van der Waals surface area contributed by atoms with Crippen molar-refractivity contribution in [1.29, 1.82) is 0 Å². The molecule has 1 fully saturated rings. The molecule has 1 saturated heterocycles. The van der Waals surface area contributed by atoms with Gasteiger partial charge >= 0.3 is 0 Å². The summed E-state index contributed by atoms with van der Waals surface area (Å²) in [4.78, 5) is 11.3. The first-order chi connectivity index (χ1) is 10.1. The molecule has 0 aliphatic carbocycles. The summed E-state index contributed by atoms with van der Waals surface area (Å²) in [6, 6.07) is 12.8. The number of aldehydes is 1. The fraction of sp³-hybridized carbons (Fsp3) is 0.312. The maximum absolute atomic E-state index is 12.9. The smallest absolute Gasteiger partial charge is 0.243 e. The van der Waals surface area contributed by atoms with Crippen molar-refractivity contribution < 1.29 is 13.2 Å². The maximum atomic E-state index is 12.9. The van der Waals surface area contributed by atoms with Gasteiger partial charge in [0.1, 0.15) is 6.29 Å². The average Bonchev–Trinajstić information content (AvgIpc) is 2.54. The minimum atomic E-state index is -3.56. The molecule has 5 heteroatoms. The number of hydrogen-bond acceptors (Lipinski definition) is 3. The lowest BCUT2D eigenvalue weighted by Crippen LogP contribution is -2.40. The summed E-state index contributed by atoms with van der Waals surface area (Å²) >= 11 is 0. The van der Waals surface area contributed by atoms with E-state index in [9.17, 15) is 13.2 Å². The van der Waals surface area contributed by atoms with E-state index in [1.165, 1.54) is 4.31 Å². The highest BCUT2D eigenvalue weighted by atomic mass is 32.2. The van der Waals surface area contributed by atoms with E-state index in [2.05, 4.69) is 0 Å². The van der Waals surface area contributed by atoms with Crippen LogP contribution in [0.15, 0.2) is 47.4 Å². The van der Waals surface area contributed by atoms with E-state index in [1.54, 1.807) is 12.1 Å². The van der Waals surface area contributed by atoms with E-state index in [0.717, 1.165) is 29.9 Å². The van der Waals surface area contributed by atoms with Crippen LogP contribution in [0, 0.1) is 5.92 Å². The Morgan fingerprint density at radius 1 is 1.10 bits per heavy atom. The maximum Gasteiger partial charge on any atom is 0.243 e. The van der Waals surface area contributed by atoms with Gasteiger partial charge in [-0.25, -0.2) is 8.42 Å². The molecule has 0 saturated carbocycles. The number of sulfonamides is 1. The largest absolute Gasteiger partial charge is 0.303 e. The van der Waals surface area contributed by atoms with Crippen molar-refractivity contribution in [2.45, 2.75) is 17.7 Å². The molecule has 2 aromatic carbocycles. The molecule has 21 heavy (non-hydrogen) atoms. The molecule has 0 spiro atoms. The van der Waals surface area contributed by atoms with E-state index >= 15 is 0 Å². The van der Waals surface area contributed by atoms with E-state index in [4.69, 9.17) is 0 Å². The van der Waals surface area contributed by atoms with Crippen LogP contribution in [0.1, 0.15) is 12.8 Å². The van der Waals surface area contributed by atoms with Gasteiger partial charge in [-0.15, -0.1) is 0 Å². The first-order valence-corrected chi connectivity index (χ1v) is 8.50. The molecule has 0 aromatic heterocycles. The second-order valence-corrected chi connectivity index (χ2v) is 7.29. The first-order valence-electron chi connectivity index (χ1n) is 7.06. The Kier molecular flexibility index (Phi) is 3.78. The zero-order chi connectivity index (χ0) is 14.9. The molecule has 1 unspecified atom stereocenters. The Balaban J connectivity index is 2.06. The zero-order valence-corrected chi connectivity index (χ0v) is 12.4. The number of piperidine rings is 1. The fourth-order valence-electron chi connectivity index (χ4n) is 2.86. The SMILES string of the molecule is O=CC1CCCN(S(=O)(=O)c2cccc3ccccc23)C1. The Bertz CT molecular complexity index is 765. The molecule has 1 aliphatic heterocycles. The van der Waals surface area contributed by atoms with Gasteiger partial charge in [-0.1, -0.05) is 36.4 Å². The Labute approximate surface area is 124 Å². The van der Waals surface area contributed by atoms with Crippen molar-refractivity contribution >= 4 is 27.1 Å². The van der Waals surface area contributed by atoms with Gasteiger partial charge in [0, 0.05) is 24.4 Å². The highest BCUT2D eigenvalue weighted by Crippen LogP contribution is 2.28. The molecule has 1 atom stereocenters. The normalized spacial score (nSPS) is 20.5. The summed E-state index contributed by atoms with van der Waals surface area (Å²) in [5.41, 5.74) is 0. The summed E-state index contributed by atoms with van der Waals surface area (Å²) < 4.78 is 27.2. The van der Waals surface area contributed by atoms with Crippen LogP contribution in [-0.4, -0.2) is 32.1 Å². The molecule has 2 aromatic rings. The lowest BCUT2D eigenvalue weighted by molar-refractivity contribution is -0.112. The molecule has 3 rings (SSSR count). The second kappa shape index (κ2) is 5.58. The minimum Gasteiger partial charge on any atom is -0.303 e. The van der Waals surface area contributed by atoms with Crippen molar-refractivity contribution in [2.75, 3.05) is 13.1 Å². The topological polar surface area (TPSA) is 54.5 Å². The lowest BCUT2D eigenvalue weighted by Gasteiger charge is -2.29. The molecule has 4 nitrogen and oxygen atoms in total. The van der Waals surface area contributed by atoms with Gasteiger partial charge in [-0.3, -0.25) is 0 Å². The number of fused-ring (bicyclic) bond motifs is 1. The highest BCUT2D eigenvalue weighted by Gasteiger charge is 2.30. The van der Waals surface area contributed by atoms with Gasteiger partial charge in [0.25, 0.3) is 0 Å². The van der Waals surface area contributed by atoms with Crippen LogP contribution >= 0.6 is 0 Å². The molecular formula is C16H17NO3S. The highest BCUT2D eigenvalue weighted by molar-refractivity contribution is 7.89. The molecule has 0 radical (unpaired) electrons. The average molecular weight is 303 g/mol. The monoisotopic (exact) mass is 303 g/mol. The molecule has 0 bridgehead atoms. The van der Waals surface area contributed by atoms with E-state index in [1.807, 2.05) is 30.3 Å². The zero-order valence-electron chi connectivity index (χ0n) is 11.6. The Morgan fingerprint density at radius 2 is 1.86 bits per heavy atom. The van der Waals surface area contributed by atoms with Gasteiger partial charge in [-0.2, -0.15) is 4.31 Å². The Hall–Kier alpha value is -1.72. The van der Waals surface area contributed by atoms with Crippen molar-refractivity contribution in [2.24, 2.45) is 5.92 Å². The van der Waals surface area contributed by atoms with Gasteiger partial charge in [0.2, 0.25) is 10.0 Å². The number of rotatable bonds is 3. The summed E-state index contributed by atoms with van der Waals surface area (Å²) in [6.45, 7) is 0.769. The van der Waals surface area contributed by atoms with E-state index in [-0.39, 0.29) is 12.5 Å². The number of hydrogen-bond donors (Lipinski definition) is 0. The summed E-state index contributed by atoms with van der Waals surface area (Å²) in [5, 5.41) is 1.63. The Morgan fingerprint density at radius 3 is 2.67 bits per heavy atom. The van der Waals surface area contributed by atoms with E-state index in [0.29, 0.717) is 11.4 Å². The minimum absolute atomic E-state index is 0.191. The summed E-state index contributed by atoms with van der Waals surface area (Å²) in [6.07, 6.45) is 2.36. The van der Waals surface area contributed by atoms with Gasteiger partial charge in [0.05, 0.1) is 4.90 Å². The fourth-order valence-corrected chi connectivity index (χ4v) is 4.61. The van der Waals surface area contributed by atoms with Crippen LogP contribution in [0.4, 0.5) is 0 Å². The number of carbonyl (C=O) groups excluding carboxylic acids is 1. The molecule has 0 N–H and O–H groups in total. The summed E-state index contributed by atoms with van der Waals surface area (Å²) in [7, 11) is -3.56. The quantitative estimate of drug-likeness (QED) is 0.818. The van der Waals surface area contributed by atoms with Crippen molar-refractivity contribution in [3.05, 3.63) is 42.5 Å². The van der Waals surface area contributed by atoms with Crippen LogP contribution in [0.3, 0.4) is 0 Å². The summed E-state index contributed by atoms with van der Waals surface area (Å²) in [5.74, 6) is -0.191. The second-order valence-electron chi connectivity index (χ2n) is 5.38. The van der Waals surface area contributed by atoms with Crippen LogP contribution in [-0.2, 0) is 14.8 Å². The molecule has 0 amide bonds. The van der Waals surface area contributed by atoms with Crippen LogP contribution in [0.5, 0.6) is 0 Å². The predicted molar refractivity (Wildman–Crippen MR) is 81.5 cm³/mol. The lowest BCUT2D eigenvalue weighted by atomic mass is 10.0. The van der Waals surface area contributed by atoms with Gasteiger partial charge < -0.3 is 4.79 Å². The third-order valence-corrected chi connectivity index (χ3v) is 5.90. The molecule has 1 heterocycles. The number of nitrogens with zero attached hydrogens (tertiary/aromatic N) is 1. The third-order valence-electron chi connectivity index (χ3n) is 3.98. The van der Waals surface area contributed by atoms with Gasteiger partial charge in [0.15, 0.2) is 0 Å². The van der Waals surface area contributed by atoms with Gasteiger partial charge in [-0.05, 0) is 24.3 Å². The van der Waals surface area contributed by atoms with Crippen LogP contribution in [0.2, 0.25) is 0 Å². The van der Waals surface area contributed by atoms with E-state index < -0.39 is 10.0 Å². The van der Waals surface area contributed by atoms with Crippen molar-refractivity contribution in [3.8, 4) is 0 Å². The first kappa shape index (κ1) is 14.2. The predicted octanol–water partition coefficient (Wildman–Crippen LogP) is 2.44. The molecule has 1 aliphatic rings. The standard InChI is InChI=1S/C16H17NO3S/c18-12-13-5-4-10-17(11-13)21(19,20)16-9-3-7-14-6-1-2-8-15(14)16/h1-3,6-9,12-13H,4-5,10-11H2. The molecular weight excluding hydrogens is 286 g/mol. The third kappa shape index (κ3) is 2.59. The van der Waals surface area contributed by atoms with Crippen molar-refractivity contribution in [3.63, 3.8) is 0 Å².